The fourth-order valence-electron chi connectivity index (χ4n) is 4.08. The summed E-state index contributed by atoms with van der Waals surface area (Å²) in [5.41, 5.74) is 2.37. The first-order valence-electron chi connectivity index (χ1n) is 11.1. The summed E-state index contributed by atoms with van der Waals surface area (Å²) < 4.78 is 5.82. The molecular formula is C28H22N2O4S. The van der Waals surface area contributed by atoms with Gasteiger partial charge < -0.3 is 14.7 Å². The SMILES string of the molecule is O=C1C(=O)N(Cc2cccnc2)C(c2cccs2)/C1=C(\O)c1ccc(OCc2ccccc2)cc1. The molecule has 1 aliphatic rings. The molecule has 3 heterocycles. The second kappa shape index (κ2) is 9.95. The van der Waals surface area contributed by atoms with E-state index in [1.807, 2.05) is 53.9 Å². The predicted molar refractivity (Wildman–Crippen MR) is 134 cm³/mol. The molecule has 1 unspecified atom stereocenters. The first-order chi connectivity index (χ1) is 17.1. The molecule has 6 nitrogen and oxygen atoms in total. The van der Waals surface area contributed by atoms with Gasteiger partial charge in [0.25, 0.3) is 11.7 Å². The van der Waals surface area contributed by atoms with Crippen LogP contribution < -0.4 is 4.74 Å². The molecule has 1 saturated heterocycles. The molecule has 1 atom stereocenters. The number of hydrogen-bond acceptors (Lipinski definition) is 6. The molecule has 0 saturated carbocycles. The van der Waals surface area contributed by atoms with Gasteiger partial charge in [-0.1, -0.05) is 42.5 Å². The zero-order valence-corrected chi connectivity index (χ0v) is 19.5. The molecule has 1 amide bonds. The summed E-state index contributed by atoms with van der Waals surface area (Å²) in [6.45, 7) is 0.633. The lowest BCUT2D eigenvalue weighted by Crippen LogP contribution is -2.28. The average molecular weight is 483 g/mol. The van der Waals surface area contributed by atoms with Crippen molar-refractivity contribution in [3.05, 3.63) is 124 Å². The first-order valence-corrected chi connectivity index (χ1v) is 12.0. The van der Waals surface area contributed by atoms with E-state index in [4.69, 9.17) is 4.74 Å². The zero-order valence-electron chi connectivity index (χ0n) is 18.7. The van der Waals surface area contributed by atoms with E-state index >= 15 is 0 Å². The molecule has 4 aromatic rings. The van der Waals surface area contributed by atoms with Crippen molar-refractivity contribution in [2.75, 3.05) is 0 Å². The van der Waals surface area contributed by atoms with E-state index in [0.29, 0.717) is 17.9 Å². The van der Waals surface area contributed by atoms with E-state index in [-0.39, 0.29) is 17.9 Å². The number of amides is 1. The standard InChI is InChI=1S/C28H22N2O4S/c31-26(21-10-12-22(13-11-21)34-18-19-6-2-1-3-7-19)24-25(23-9-5-15-35-23)30(28(33)27(24)32)17-20-8-4-14-29-16-20/h1-16,25,31H,17-18H2/b26-24+. The quantitative estimate of drug-likeness (QED) is 0.218. The maximum Gasteiger partial charge on any atom is 0.295 e. The maximum absolute atomic E-state index is 13.1. The average Bonchev–Trinajstić information content (AvgIpc) is 3.52. The largest absolute Gasteiger partial charge is 0.507 e. The number of likely N-dealkylation sites (tertiary alicyclic amines) is 1. The van der Waals surface area contributed by atoms with Crippen molar-refractivity contribution in [1.29, 1.82) is 0 Å². The molecule has 0 spiro atoms. The first kappa shape index (κ1) is 22.6. The van der Waals surface area contributed by atoms with Crippen molar-refractivity contribution in [1.82, 2.24) is 9.88 Å². The van der Waals surface area contributed by atoms with Gasteiger partial charge in [0.15, 0.2) is 0 Å². The van der Waals surface area contributed by atoms with E-state index in [0.717, 1.165) is 16.0 Å². The van der Waals surface area contributed by atoms with Crippen LogP contribution in [-0.2, 0) is 22.7 Å². The van der Waals surface area contributed by atoms with Crippen LogP contribution in [-0.4, -0.2) is 26.7 Å². The smallest absolute Gasteiger partial charge is 0.295 e. The number of ether oxygens (including phenoxy) is 1. The highest BCUT2D eigenvalue weighted by Gasteiger charge is 2.46. The van der Waals surface area contributed by atoms with Crippen LogP contribution in [0, 0.1) is 0 Å². The minimum absolute atomic E-state index is 0.0827. The lowest BCUT2D eigenvalue weighted by Gasteiger charge is -2.24. The highest BCUT2D eigenvalue weighted by atomic mass is 32.1. The Balaban J connectivity index is 1.45. The van der Waals surface area contributed by atoms with Crippen molar-refractivity contribution >= 4 is 28.8 Å². The number of carbonyl (C=O) groups is 2. The summed E-state index contributed by atoms with van der Waals surface area (Å²) in [5, 5.41) is 13.1. The van der Waals surface area contributed by atoms with Gasteiger partial charge in [0.05, 0.1) is 11.6 Å². The topological polar surface area (TPSA) is 79.7 Å². The second-order valence-electron chi connectivity index (χ2n) is 8.10. The molecule has 5 rings (SSSR count). The minimum atomic E-state index is -0.700. The van der Waals surface area contributed by atoms with Crippen LogP contribution in [0.25, 0.3) is 5.76 Å². The number of hydrogen-bond donors (Lipinski definition) is 1. The third kappa shape index (κ3) is 4.72. The number of Topliss-reactive ketones (excluding diaryl/α,β-unsaturated/α-hetero) is 1. The summed E-state index contributed by atoms with van der Waals surface area (Å²) in [7, 11) is 0. The highest BCUT2D eigenvalue weighted by molar-refractivity contribution is 7.10. The third-order valence-electron chi connectivity index (χ3n) is 5.80. The van der Waals surface area contributed by atoms with Gasteiger partial charge in [-0.3, -0.25) is 14.6 Å². The van der Waals surface area contributed by atoms with Crippen LogP contribution in [0.3, 0.4) is 0 Å². The van der Waals surface area contributed by atoms with Crippen LogP contribution in [0.15, 0.2) is 102 Å². The lowest BCUT2D eigenvalue weighted by molar-refractivity contribution is -0.140. The van der Waals surface area contributed by atoms with Crippen molar-refractivity contribution in [2.24, 2.45) is 0 Å². The monoisotopic (exact) mass is 482 g/mol. The summed E-state index contributed by atoms with van der Waals surface area (Å²) in [6, 6.07) is 23.4. The van der Waals surface area contributed by atoms with Gasteiger partial charge in [-0.2, -0.15) is 0 Å². The molecular weight excluding hydrogens is 460 g/mol. The summed E-state index contributed by atoms with van der Waals surface area (Å²) >= 11 is 1.43. The number of thiophene rings is 1. The molecule has 1 fully saturated rings. The number of rotatable bonds is 7. The van der Waals surface area contributed by atoms with E-state index in [1.165, 1.54) is 16.2 Å². The number of aliphatic hydroxyl groups excluding tert-OH is 1. The number of carbonyl (C=O) groups excluding carboxylic acids is 2. The van der Waals surface area contributed by atoms with Gasteiger partial charge in [0, 0.05) is 29.4 Å². The van der Waals surface area contributed by atoms with Crippen LogP contribution in [0.4, 0.5) is 0 Å². The normalized spacial score (nSPS) is 17.0. The molecule has 35 heavy (non-hydrogen) atoms. The van der Waals surface area contributed by atoms with Gasteiger partial charge >= 0.3 is 0 Å². The third-order valence-corrected chi connectivity index (χ3v) is 6.73. The molecule has 174 valence electrons. The summed E-state index contributed by atoms with van der Waals surface area (Å²) in [5.74, 6) is -0.909. The summed E-state index contributed by atoms with van der Waals surface area (Å²) in [6.07, 6.45) is 3.32. The Labute approximate surface area is 206 Å². The molecule has 2 aromatic carbocycles. The molecule has 1 aliphatic heterocycles. The van der Waals surface area contributed by atoms with Gasteiger partial charge in [0.1, 0.15) is 18.1 Å². The maximum atomic E-state index is 13.1. The van der Waals surface area contributed by atoms with Crippen molar-refractivity contribution in [3.8, 4) is 5.75 Å². The number of nitrogens with zero attached hydrogens (tertiary/aromatic N) is 2. The lowest BCUT2D eigenvalue weighted by atomic mass is 9.99. The Morgan fingerprint density at radius 1 is 0.943 bits per heavy atom. The summed E-state index contributed by atoms with van der Waals surface area (Å²) in [4.78, 5) is 32.5. The molecule has 2 aromatic heterocycles. The Kier molecular flexibility index (Phi) is 6.41. The fourth-order valence-corrected chi connectivity index (χ4v) is 4.92. The number of aliphatic hydroxyl groups is 1. The zero-order chi connectivity index (χ0) is 24.2. The van der Waals surface area contributed by atoms with Crippen molar-refractivity contribution in [2.45, 2.75) is 19.2 Å². The molecule has 0 radical (unpaired) electrons. The number of pyridine rings is 1. The van der Waals surface area contributed by atoms with Crippen LogP contribution >= 0.6 is 11.3 Å². The van der Waals surface area contributed by atoms with Crippen LogP contribution in [0.1, 0.15) is 27.6 Å². The Bertz CT molecular complexity index is 1350. The van der Waals surface area contributed by atoms with E-state index in [2.05, 4.69) is 4.98 Å². The Morgan fingerprint density at radius 2 is 1.71 bits per heavy atom. The van der Waals surface area contributed by atoms with Crippen LogP contribution in [0.2, 0.25) is 0 Å². The number of ketones is 1. The van der Waals surface area contributed by atoms with E-state index in [9.17, 15) is 14.7 Å². The predicted octanol–water partition coefficient (Wildman–Crippen LogP) is 5.34. The van der Waals surface area contributed by atoms with Crippen LogP contribution in [0.5, 0.6) is 5.75 Å². The fraction of sp³-hybridized carbons (Fsp3) is 0.107. The molecule has 0 bridgehead atoms. The Morgan fingerprint density at radius 3 is 2.40 bits per heavy atom. The Hall–Kier alpha value is -4.23. The van der Waals surface area contributed by atoms with E-state index in [1.54, 1.807) is 42.7 Å². The molecule has 0 aliphatic carbocycles. The van der Waals surface area contributed by atoms with Gasteiger partial charge in [0.2, 0.25) is 0 Å². The molecule has 1 N–H and O–H groups in total. The highest BCUT2D eigenvalue weighted by Crippen LogP contribution is 2.41. The number of aromatic nitrogens is 1. The van der Waals surface area contributed by atoms with Gasteiger partial charge in [-0.05, 0) is 52.9 Å². The van der Waals surface area contributed by atoms with Crippen molar-refractivity contribution in [3.63, 3.8) is 0 Å². The van der Waals surface area contributed by atoms with E-state index < -0.39 is 17.7 Å². The van der Waals surface area contributed by atoms with Gasteiger partial charge in [-0.15, -0.1) is 11.3 Å². The number of benzene rings is 2. The second-order valence-corrected chi connectivity index (χ2v) is 9.08. The molecule has 7 heteroatoms. The van der Waals surface area contributed by atoms with Gasteiger partial charge in [-0.25, -0.2) is 0 Å². The minimum Gasteiger partial charge on any atom is -0.507 e. The van der Waals surface area contributed by atoms with Crippen molar-refractivity contribution < 1.29 is 19.4 Å².